The lowest BCUT2D eigenvalue weighted by molar-refractivity contribution is 0.105. The van der Waals surface area contributed by atoms with Crippen LogP contribution < -0.4 is 9.47 Å². The minimum absolute atomic E-state index is 0.263. The van der Waals surface area contributed by atoms with E-state index in [0.29, 0.717) is 28.2 Å². The number of carbonyl (C=O) groups is 1. The summed E-state index contributed by atoms with van der Waals surface area (Å²) < 4.78 is 11.3. The SMILES string of the molecule is C=C(C(=O)c1c(OC)ccc(-c2cccs2)c1OC)c1cc(C(C)(C)C)c(O)c(C(C)(C)C)c1. The van der Waals surface area contributed by atoms with Crippen LogP contribution in [0.5, 0.6) is 17.2 Å². The summed E-state index contributed by atoms with van der Waals surface area (Å²) in [5.74, 6) is 0.865. The summed E-state index contributed by atoms with van der Waals surface area (Å²) in [4.78, 5) is 14.9. The molecule has 0 unspecified atom stereocenters. The summed E-state index contributed by atoms with van der Waals surface area (Å²) >= 11 is 1.57. The molecule has 1 aromatic heterocycles. The van der Waals surface area contributed by atoms with Crippen LogP contribution in [0.15, 0.2) is 48.4 Å². The average Bonchev–Trinajstić information content (AvgIpc) is 3.30. The van der Waals surface area contributed by atoms with E-state index in [-0.39, 0.29) is 22.4 Å². The van der Waals surface area contributed by atoms with Crippen molar-refractivity contribution in [1.82, 2.24) is 0 Å². The molecule has 0 spiro atoms. The van der Waals surface area contributed by atoms with E-state index in [1.165, 1.54) is 7.11 Å². The predicted octanol–water partition coefficient (Wildman–Crippen LogP) is 7.63. The van der Waals surface area contributed by atoms with Gasteiger partial charge in [0.1, 0.15) is 22.8 Å². The first-order valence-electron chi connectivity index (χ1n) is 11.2. The molecule has 0 aliphatic rings. The molecule has 0 saturated heterocycles. The summed E-state index contributed by atoms with van der Waals surface area (Å²) in [7, 11) is 3.09. The van der Waals surface area contributed by atoms with Crippen molar-refractivity contribution < 1.29 is 19.4 Å². The van der Waals surface area contributed by atoms with Crippen LogP contribution in [-0.2, 0) is 10.8 Å². The molecule has 0 amide bonds. The monoisotopic (exact) mass is 478 g/mol. The number of hydrogen-bond acceptors (Lipinski definition) is 5. The highest BCUT2D eigenvalue weighted by molar-refractivity contribution is 7.13. The van der Waals surface area contributed by atoms with Gasteiger partial charge in [0.05, 0.1) is 14.2 Å². The average molecular weight is 479 g/mol. The van der Waals surface area contributed by atoms with E-state index in [0.717, 1.165) is 21.6 Å². The third-order valence-corrected chi connectivity index (χ3v) is 6.81. The summed E-state index contributed by atoms with van der Waals surface area (Å²) in [6.07, 6.45) is 0. The van der Waals surface area contributed by atoms with Gasteiger partial charge < -0.3 is 14.6 Å². The Balaban J connectivity index is 2.23. The zero-order chi connectivity index (χ0) is 25.4. The Morgan fingerprint density at radius 1 is 0.941 bits per heavy atom. The number of allylic oxidation sites excluding steroid dienone is 1. The molecule has 0 fully saturated rings. The Bertz CT molecular complexity index is 1190. The second-order valence-corrected chi connectivity index (χ2v) is 11.4. The van der Waals surface area contributed by atoms with Crippen LogP contribution in [0, 0.1) is 0 Å². The van der Waals surface area contributed by atoms with Gasteiger partial charge in [0.2, 0.25) is 5.78 Å². The van der Waals surface area contributed by atoms with Crippen LogP contribution in [0.25, 0.3) is 16.0 Å². The Kier molecular flexibility index (Phi) is 6.99. The van der Waals surface area contributed by atoms with Crippen molar-refractivity contribution in [3.63, 3.8) is 0 Å². The first-order valence-corrected chi connectivity index (χ1v) is 12.1. The van der Waals surface area contributed by atoms with Crippen LogP contribution in [-0.4, -0.2) is 25.1 Å². The van der Waals surface area contributed by atoms with E-state index in [2.05, 4.69) is 6.58 Å². The van der Waals surface area contributed by atoms with Crippen LogP contribution in [0.1, 0.15) is 68.6 Å². The molecule has 0 radical (unpaired) electrons. The second kappa shape index (κ2) is 9.30. The number of rotatable bonds is 6. The van der Waals surface area contributed by atoms with Crippen molar-refractivity contribution in [3.05, 3.63) is 70.6 Å². The first kappa shape index (κ1) is 25.6. The Morgan fingerprint density at radius 3 is 1.97 bits per heavy atom. The zero-order valence-corrected chi connectivity index (χ0v) is 22.1. The van der Waals surface area contributed by atoms with Gasteiger partial charge in [0.25, 0.3) is 0 Å². The van der Waals surface area contributed by atoms with Crippen LogP contribution >= 0.6 is 11.3 Å². The van der Waals surface area contributed by atoms with E-state index in [1.807, 2.05) is 77.3 Å². The van der Waals surface area contributed by atoms with E-state index < -0.39 is 0 Å². The number of thiophene rings is 1. The largest absolute Gasteiger partial charge is 0.507 e. The Morgan fingerprint density at radius 2 is 1.53 bits per heavy atom. The molecule has 4 nitrogen and oxygen atoms in total. The zero-order valence-electron chi connectivity index (χ0n) is 21.3. The van der Waals surface area contributed by atoms with Crippen LogP contribution in [0.3, 0.4) is 0 Å². The standard InChI is InChI=1S/C29H34O4S/c1-17(18-15-20(28(2,3)4)26(31)21(16-18)29(5,6)7)25(30)24-22(32-8)13-12-19(27(24)33-9)23-11-10-14-34-23/h10-16,31H,1H2,2-9H3. The molecule has 0 aliphatic carbocycles. The molecule has 5 heteroatoms. The van der Waals surface area contributed by atoms with Crippen molar-refractivity contribution in [2.45, 2.75) is 52.4 Å². The second-order valence-electron chi connectivity index (χ2n) is 10.4. The van der Waals surface area contributed by atoms with Crippen molar-refractivity contribution in [2.24, 2.45) is 0 Å². The molecule has 1 N–H and O–H groups in total. The van der Waals surface area contributed by atoms with Gasteiger partial charge >= 0.3 is 0 Å². The van der Waals surface area contributed by atoms with E-state index in [9.17, 15) is 9.90 Å². The number of phenolic OH excluding ortho intramolecular Hbond substituents is 1. The highest BCUT2D eigenvalue weighted by Gasteiger charge is 2.30. The molecule has 1 heterocycles. The highest BCUT2D eigenvalue weighted by Crippen LogP contribution is 2.44. The topological polar surface area (TPSA) is 55.8 Å². The number of methoxy groups -OCH3 is 2. The molecule has 2 aromatic carbocycles. The number of aromatic hydroxyl groups is 1. The maximum absolute atomic E-state index is 13.9. The molecule has 3 aromatic rings. The minimum atomic E-state index is -0.322. The van der Waals surface area contributed by atoms with Gasteiger partial charge in [-0.2, -0.15) is 0 Å². The summed E-state index contributed by atoms with van der Waals surface area (Å²) in [5.41, 5.74) is 3.05. The molecule has 34 heavy (non-hydrogen) atoms. The minimum Gasteiger partial charge on any atom is -0.507 e. The number of ether oxygens (including phenoxy) is 2. The number of carbonyl (C=O) groups excluding carboxylic acids is 1. The van der Waals surface area contributed by atoms with Crippen molar-refractivity contribution in [1.29, 1.82) is 0 Å². The lowest BCUT2D eigenvalue weighted by Crippen LogP contribution is -2.18. The smallest absolute Gasteiger partial charge is 0.200 e. The van der Waals surface area contributed by atoms with Crippen LogP contribution in [0.2, 0.25) is 0 Å². The number of benzene rings is 2. The predicted molar refractivity (Wildman–Crippen MR) is 142 cm³/mol. The van der Waals surface area contributed by atoms with E-state index >= 15 is 0 Å². The van der Waals surface area contributed by atoms with Gasteiger partial charge in [-0.15, -0.1) is 11.3 Å². The van der Waals surface area contributed by atoms with Gasteiger partial charge in [-0.1, -0.05) is 54.2 Å². The molecule has 0 bridgehead atoms. The molecule has 3 rings (SSSR count). The number of phenols is 1. The van der Waals surface area contributed by atoms with E-state index in [4.69, 9.17) is 9.47 Å². The highest BCUT2D eigenvalue weighted by atomic mass is 32.1. The first-order chi connectivity index (χ1) is 15.8. The summed E-state index contributed by atoms with van der Waals surface area (Å²) in [6, 6.07) is 11.4. The van der Waals surface area contributed by atoms with Gasteiger partial charge in [-0.05, 0) is 52.1 Å². The lowest BCUT2D eigenvalue weighted by Gasteiger charge is -2.28. The van der Waals surface area contributed by atoms with Gasteiger partial charge in [-0.3, -0.25) is 4.79 Å². The fourth-order valence-corrected chi connectivity index (χ4v) is 4.77. The summed E-state index contributed by atoms with van der Waals surface area (Å²) in [5, 5.41) is 13.1. The van der Waals surface area contributed by atoms with E-state index in [1.54, 1.807) is 24.5 Å². The number of Topliss-reactive ketones (excluding diaryl/α,β-unsaturated/α-hetero) is 1. The van der Waals surface area contributed by atoms with Gasteiger partial charge in [0, 0.05) is 27.1 Å². The van der Waals surface area contributed by atoms with Crippen LogP contribution in [0.4, 0.5) is 0 Å². The number of ketones is 1. The van der Waals surface area contributed by atoms with Gasteiger partial charge in [-0.25, -0.2) is 0 Å². The van der Waals surface area contributed by atoms with Crippen molar-refractivity contribution in [3.8, 4) is 27.7 Å². The third kappa shape index (κ3) is 4.76. The Labute approximate surface area is 206 Å². The molecule has 0 saturated carbocycles. The van der Waals surface area contributed by atoms with Crippen molar-refractivity contribution in [2.75, 3.05) is 14.2 Å². The molecular weight excluding hydrogens is 444 g/mol. The number of hydrogen-bond donors (Lipinski definition) is 1. The van der Waals surface area contributed by atoms with Gasteiger partial charge in [0.15, 0.2) is 0 Å². The maximum Gasteiger partial charge on any atom is 0.200 e. The Hall–Kier alpha value is -3.05. The maximum atomic E-state index is 13.9. The molecule has 0 atom stereocenters. The molecular formula is C29H34O4S. The molecule has 180 valence electrons. The quantitative estimate of drug-likeness (QED) is 0.292. The normalized spacial score (nSPS) is 11.9. The fourth-order valence-electron chi connectivity index (χ4n) is 4.02. The van der Waals surface area contributed by atoms with Crippen molar-refractivity contribution >= 4 is 22.7 Å². The molecule has 0 aliphatic heterocycles. The fraction of sp³-hybridized carbons (Fsp3) is 0.345. The third-order valence-electron chi connectivity index (χ3n) is 5.91. The summed E-state index contributed by atoms with van der Waals surface area (Å²) in [6.45, 7) is 16.4. The lowest BCUT2D eigenvalue weighted by atomic mass is 9.77.